The van der Waals surface area contributed by atoms with Crippen LogP contribution in [0.1, 0.15) is 41.3 Å². The molecule has 1 N–H and O–H groups in total. The zero-order valence-electron chi connectivity index (χ0n) is 22.9. The summed E-state index contributed by atoms with van der Waals surface area (Å²) in [5, 5.41) is 13.9. The molecular formula is C29H27N3O9S. The number of rotatable bonds is 10. The number of esters is 2. The molecule has 4 aromatic rings. The number of nitro benzene ring substituents is 1. The van der Waals surface area contributed by atoms with E-state index in [1.54, 1.807) is 26.0 Å². The molecule has 218 valence electrons. The lowest BCUT2D eigenvalue weighted by Gasteiger charge is -2.14. The summed E-state index contributed by atoms with van der Waals surface area (Å²) in [7, 11) is -4.20. The summed E-state index contributed by atoms with van der Waals surface area (Å²) >= 11 is 0. The fraction of sp³-hybridized carbons (Fsp3) is 0.207. The Morgan fingerprint density at radius 1 is 0.952 bits per heavy atom. The highest BCUT2D eigenvalue weighted by Gasteiger charge is 2.36. The summed E-state index contributed by atoms with van der Waals surface area (Å²) in [5.74, 6) is -4.16. The van der Waals surface area contributed by atoms with Crippen molar-refractivity contribution in [3.8, 4) is 0 Å². The van der Waals surface area contributed by atoms with Crippen LogP contribution in [0.15, 0.2) is 77.8 Å². The Balaban J connectivity index is 1.89. The Labute approximate surface area is 241 Å². The van der Waals surface area contributed by atoms with Crippen molar-refractivity contribution in [2.45, 2.75) is 31.6 Å². The summed E-state index contributed by atoms with van der Waals surface area (Å²) < 4.78 is 38.7. The van der Waals surface area contributed by atoms with Gasteiger partial charge in [-0.15, -0.1) is 0 Å². The molecule has 0 atom stereocenters. The lowest BCUT2D eigenvalue weighted by molar-refractivity contribution is -0.384. The molecule has 0 aliphatic rings. The van der Waals surface area contributed by atoms with E-state index in [4.69, 9.17) is 9.47 Å². The molecule has 0 saturated heterocycles. The number of non-ortho nitro benzene ring substituents is 1. The standard InChI is InChI=1S/C29H27N3O9S/c1-4-40-28(34)26(29(35)41-5-2)24-17-31(42(38,39)22-12-9-18(3)10-13-22)25-14-11-20(16-23(24)25)30-27(33)19-7-6-8-21(15-19)32(36)37/h6-17,26H,4-5H2,1-3H3,(H,30,33). The Hall–Kier alpha value is -5.04. The molecule has 1 aromatic heterocycles. The summed E-state index contributed by atoms with van der Waals surface area (Å²) in [6.45, 7) is 4.85. The fourth-order valence-electron chi connectivity index (χ4n) is 4.32. The number of ether oxygens (including phenoxy) is 2. The number of hydrogen-bond acceptors (Lipinski definition) is 9. The molecule has 12 nitrogen and oxygen atoms in total. The first-order valence-electron chi connectivity index (χ1n) is 12.8. The van der Waals surface area contributed by atoms with Gasteiger partial charge in [-0.25, -0.2) is 12.4 Å². The van der Waals surface area contributed by atoms with E-state index in [-0.39, 0.29) is 51.5 Å². The monoisotopic (exact) mass is 593 g/mol. The summed E-state index contributed by atoms with van der Waals surface area (Å²) in [4.78, 5) is 49.4. The van der Waals surface area contributed by atoms with Crippen molar-refractivity contribution in [2.24, 2.45) is 0 Å². The number of carbonyl (C=O) groups excluding carboxylic acids is 3. The number of hydrogen-bond donors (Lipinski definition) is 1. The van der Waals surface area contributed by atoms with Crippen LogP contribution in [0.2, 0.25) is 0 Å². The van der Waals surface area contributed by atoms with Crippen molar-refractivity contribution < 1.29 is 37.2 Å². The van der Waals surface area contributed by atoms with Gasteiger partial charge in [-0.1, -0.05) is 23.8 Å². The molecule has 0 saturated carbocycles. The zero-order chi connectivity index (χ0) is 30.6. The van der Waals surface area contributed by atoms with Crippen molar-refractivity contribution in [1.29, 1.82) is 0 Å². The highest BCUT2D eigenvalue weighted by Crippen LogP contribution is 2.34. The second-order valence-electron chi connectivity index (χ2n) is 9.13. The number of aryl methyl sites for hydroxylation is 1. The van der Waals surface area contributed by atoms with E-state index in [1.165, 1.54) is 54.7 Å². The van der Waals surface area contributed by atoms with Crippen LogP contribution in [0.3, 0.4) is 0 Å². The molecule has 1 amide bonds. The smallest absolute Gasteiger partial charge is 0.324 e. The van der Waals surface area contributed by atoms with E-state index < -0.39 is 38.7 Å². The molecule has 0 unspecified atom stereocenters. The summed E-state index contributed by atoms with van der Waals surface area (Å²) in [6, 6.07) is 15.6. The lowest BCUT2D eigenvalue weighted by Crippen LogP contribution is -2.26. The quantitative estimate of drug-likeness (QED) is 0.120. The Morgan fingerprint density at radius 3 is 2.19 bits per heavy atom. The first-order valence-corrected chi connectivity index (χ1v) is 14.3. The van der Waals surface area contributed by atoms with E-state index >= 15 is 0 Å². The maximum Gasteiger partial charge on any atom is 0.324 e. The van der Waals surface area contributed by atoms with Crippen LogP contribution < -0.4 is 5.32 Å². The number of nitrogens with zero attached hydrogens (tertiary/aromatic N) is 2. The van der Waals surface area contributed by atoms with Gasteiger partial charge in [0.2, 0.25) is 0 Å². The van der Waals surface area contributed by atoms with Crippen LogP contribution in [0.4, 0.5) is 11.4 Å². The molecule has 13 heteroatoms. The molecule has 4 rings (SSSR count). The average Bonchev–Trinajstić information content (AvgIpc) is 3.33. The number of anilines is 1. The molecule has 1 heterocycles. The van der Waals surface area contributed by atoms with Gasteiger partial charge in [0.25, 0.3) is 21.6 Å². The topological polar surface area (TPSA) is 164 Å². The summed E-state index contributed by atoms with van der Waals surface area (Å²) in [5.41, 5.74) is 0.880. The Morgan fingerprint density at radius 2 is 1.60 bits per heavy atom. The van der Waals surface area contributed by atoms with Gasteiger partial charge in [-0.2, -0.15) is 0 Å². The molecule has 0 aliphatic carbocycles. The van der Waals surface area contributed by atoms with Crippen LogP contribution in [0.5, 0.6) is 0 Å². The summed E-state index contributed by atoms with van der Waals surface area (Å²) in [6.07, 6.45) is 1.17. The molecule has 0 bridgehead atoms. The second-order valence-corrected chi connectivity index (χ2v) is 10.9. The number of nitro groups is 1. The van der Waals surface area contributed by atoms with Crippen LogP contribution >= 0.6 is 0 Å². The van der Waals surface area contributed by atoms with Gasteiger partial charge in [0.15, 0.2) is 5.92 Å². The van der Waals surface area contributed by atoms with Crippen molar-refractivity contribution in [3.05, 3.63) is 99.7 Å². The van der Waals surface area contributed by atoms with Gasteiger partial charge in [0.1, 0.15) is 0 Å². The van der Waals surface area contributed by atoms with E-state index in [1.807, 2.05) is 6.92 Å². The minimum Gasteiger partial charge on any atom is -0.465 e. The predicted molar refractivity (Wildman–Crippen MR) is 153 cm³/mol. The normalized spacial score (nSPS) is 11.3. The lowest BCUT2D eigenvalue weighted by atomic mass is 9.98. The van der Waals surface area contributed by atoms with E-state index in [0.29, 0.717) is 0 Å². The number of carbonyl (C=O) groups is 3. The third-order valence-electron chi connectivity index (χ3n) is 6.31. The highest BCUT2D eigenvalue weighted by molar-refractivity contribution is 7.90. The molecule has 0 radical (unpaired) electrons. The van der Waals surface area contributed by atoms with Crippen molar-refractivity contribution in [1.82, 2.24) is 3.97 Å². The van der Waals surface area contributed by atoms with Gasteiger partial charge in [-0.05, 0) is 57.2 Å². The number of aromatic nitrogens is 1. The van der Waals surface area contributed by atoms with Crippen molar-refractivity contribution in [2.75, 3.05) is 18.5 Å². The molecule has 42 heavy (non-hydrogen) atoms. The third-order valence-corrected chi connectivity index (χ3v) is 8.00. The Kier molecular flexibility index (Phi) is 8.71. The van der Waals surface area contributed by atoms with Gasteiger partial charge >= 0.3 is 11.9 Å². The van der Waals surface area contributed by atoms with Crippen LogP contribution in [0.25, 0.3) is 10.9 Å². The zero-order valence-corrected chi connectivity index (χ0v) is 23.7. The van der Waals surface area contributed by atoms with Gasteiger partial charge in [0.05, 0.1) is 28.5 Å². The predicted octanol–water partition coefficient (Wildman–Crippen LogP) is 4.56. The number of amides is 1. The van der Waals surface area contributed by atoms with E-state index in [0.717, 1.165) is 15.6 Å². The van der Waals surface area contributed by atoms with Crippen LogP contribution in [-0.2, 0) is 29.1 Å². The first-order chi connectivity index (χ1) is 20.0. The van der Waals surface area contributed by atoms with Crippen molar-refractivity contribution in [3.63, 3.8) is 0 Å². The molecule has 0 fully saturated rings. The molecular weight excluding hydrogens is 566 g/mol. The van der Waals surface area contributed by atoms with E-state index in [9.17, 15) is 32.9 Å². The van der Waals surface area contributed by atoms with Crippen LogP contribution in [0, 0.1) is 17.0 Å². The van der Waals surface area contributed by atoms with Gasteiger partial charge < -0.3 is 14.8 Å². The fourth-order valence-corrected chi connectivity index (χ4v) is 5.70. The number of benzene rings is 3. The number of fused-ring (bicyclic) bond motifs is 1. The molecule has 0 spiro atoms. The third kappa shape index (κ3) is 6.00. The number of nitrogens with one attached hydrogen (secondary N) is 1. The average molecular weight is 594 g/mol. The molecule has 0 aliphatic heterocycles. The highest BCUT2D eigenvalue weighted by atomic mass is 32.2. The minimum atomic E-state index is -4.20. The van der Waals surface area contributed by atoms with Crippen LogP contribution in [-0.4, -0.2) is 48.4 Å². The van der Waals surface area contributed by atoms with Gasteiger partial charge in [-0.3, -0.25) is 24.5 Å². The van der Waals surface area contributed by atoms with E-state index in [2.05, 4.69) is 5.32 Å². The molecule has 3 aromatic carbocycles. The largest absolute Gasteiger partial charge is 0.465 e. The Bertz CT molecular complexity index is 1780. The minimum absolute atomic E-state index is 0.0102. The second kappa shape index (κ2) is 12.2. The van der Waals surface area contributed by atoms with Crippen molar-refractivity contribution >= 4 is 50.1 Å². The SMILES string of the molecule is CCOC(=O)C(C(=O)OCC)c1cn(S(=O)(=O)c2ccc(C)cc2)c2ccc(NC(=O)c3cccc([N+](=O)[O-])c3)cc12. The first kappa shape index (κ1) is 29.9. The maximum atomic E-state index is 13.7. The van der Waals surface area contributed by atoms with Gasteiger partial charge in [0, 0.05) is 40.5 Å². The maximum absolute atomic E-state index is 13.7.